The van der Waals surface area contributed by atoms with Crippen molar-refractivity contribution in [1.29, 1.82) is 0 Å². The van der Waals surface area contributed by atoms with Crippen LogP contribution in [0.25, 0.3) is 0 Å². The van der Waals surface area contributed by atoms with Crippen LogP contribution in [0.1, 0.15) is 20.8 Å². The van der Waals surface area contributed by atoms with E-state index in [4.69, 9.17) is 13.9 Å². The second kappa shape index (κ2) is 6.63. The van der Waals surface area contributed by atoms with Crippen LogP contribution in [-0.2, 0) is 13.9 Å². The van der Waals surface area contributed by atoms with E-state index in [0.29, 0.717) is 26.4 Å². The highest BCUT2D eigenvalue weighted by Gasteiger charge is 2.36. The quantitative estimate of drug-likeness (QED) is 0.501. The van der Waals surface area contributed by atoms with Crippen molar-refractivity contribution in [3.05, 3.63) is 0 Å². The third kappa shape index (κ3) is 6.30. The second-order valence-electron chi connectivity index (χ2n) is 5.21. The zero-order valence-corrected chi connectivity index (χ0v) is 12.1. The van der Waals surface area contributed by atoms with Gasteiger partial charge in [0.05, 0.1) is 26.4 Å². The minimum absolute atomic E-state index is 0.277. The van der Waals surface area contributed by atoms with Gasteiger partial charge in [0.15, 0.2) is 8.32 Å². The molecule has 0 atom stereocenters. The number of hydrogen-bond acceptors (Lipinski definition) is 3. The fraction of sp³-hybridized carbons (Fsp3) is 1.00. The molecule has 0 radical (unpaired) electrons. The Bertz CT molecular complexity index is 164. The van der Waals surface area contributed by atoms with Crippen LogP contribution in [0.2, 0.25) is 18.1 Å². The number of hydrogen-bond donors (Lipinski definition) is 0. The zero-order valence-electron chi connectivity index (χ0n) is 11.1. The van der Waals surface area contributed by atoms with Gasteiger partial charge in [0, 0.05) is 7.11 Å². The molecular formula is C11H26O3Si. The molecule has 0 amide bonds. The Balaban J connectivity index is 3.58. The molecule has 4 heteroatoms. The van der Waals surface area contributed by atoms with Crippen LogP contribution in [0.3, 0.4) is 0 Å². The van der Waals surface area contributed by atoms with E-state index < -0.39 is 8.32 Å². The summed E-state index contributed by atoms with van der Waals surface area (Å²) < 4.78 is 16.2. The van der Waals surface area contributed by atoms with Crippen molar-refractivity contribution < 1.29 is 13.9 Å². The van der Waals surface area contributed by atoms with Crippen LogP contribution in [0.4, 0.5) is 0 Å². The molecular weight excluding hydrogens is 208 g/mol. The molecule has 0 spiro atoms. The smallest absolute Gasteiger partial charge is 0.192 e. The largest absolute Gasteiger partial charge is 0.414 e. The van der Waals surface area contributed by atoms with Gasteiger partial charge in [-0.15, -0.1) is 0 Å². The molecule has 15 heavy (non-hydrogen) atoms. The summed E-state index contributed by atoms with van der Waals surface area (Å²) in [5.74, 6) is 0. The van der Waals surface area contributed by atoms with Crippen molar-refractivity contribution in [3.63, 3.8) is 0 Å². The normalized spacial score (nSPS) is 13.2. The highest BCUT2D eigenvalue weighted by molar-refractivity contribution is 6.74. The van der Waals surface area contributed by atoms with Crippen LogP contribution in [-0.4, -0.2) is 41.9 Å². The molecule has 0 saturated heterocycles. The van der Waals surface area contributed by atoms with Crippen LogP contribution < -0.4 is 0 Å². The molecule has 0 fully saturated rings. The van der Waals surface area contributed by atoms with Crippen LogP contribution >= 0.6 is 0 Å². The van der Waals surface area contributed by atoms with Gasteiger partial charge in [0.1, 0.15) is 0 Å². The summed E-state index contributed by atoms with van der Waals surface area (Å²) in [6, 6.07) is 0. The average Bonchev–Trinajstić information content (AvgIpc) is 2.09. The summed E-state index contributed by atoms with van der Waals surface area (Å²) in [5, 5.41) is 0.277. The molecule has 0 aromatic heterocycles. The Morgan fingerprint density at radius 2 is 1.47 bits per heavy atom. The molecule has 0 N–H and O–H groups in total. The van der Waals surface area contributed by atoms with Gasteiger partial charge in [-0.1, -0.05) is 20.8 Å². The van der Waals surface area contributed by atoms with Crippen molar-refractivity contribution in [2.24, 2.45) is 0 Å². The lowest BCUT2D eigenvalue weighted by Crippen LogP contribution is -2.41. The van der Waals surface area contributed by atoms with Gasteiger partial charge in [0.25, 0.3) is 0 Å². The third-order valence-corrected chi connectivity index (χ3v) is 7.47. The summed E-state index contributed by atoms with van der Waals surface area (Å²) in [4.78, 5) is 0. The first kappa shape index (κ1) is 15.1. The Hall–Kier alpha value is 0.0969. The second-order valence-corrected chi connectivity index (χ2v) is 10.0. The van der Waals surface area contributed by atoms with Crippen molar-refractivity contribution in [1.82, 2.24) is 0 Å². The predicted octanol–water partition coefficient (Wildman–Crippen LogP) is 2.67. The maximum Gasteiger partial charge on any atom is 0.192 e. The monoisotopic (exact) mass is 234 g/mol. The molecule has 0 rings (SSSR count). The minimum Gasteiger partial charge on any atom is -0.414 e. The fourth-order valence-electron chi connectivity index (χ4n) is 0.817. The lowest BCUT2D eigenvalue weighted by molar-refractivity contribution is 0.0520. The molecule has 3 nitrogen and oxygen atoms in total. The van der Waals surface area contributed by atoms with Gasteiger partial charge in [-0.2, -0.15) is 0 Å². The van der Waals surface area contributed by atoms with Gasteiger partial charge >= 0.3 is 0 Å². The molecule has 0 unspecified atom stereocenters. The SMILES string of the molecule is COCCOCCO[Si](C)(C)C(C)(C)C. The Morgan fingerprint density at radius 3 is 1.93 bits per heavy atom. The topological polar surface area (TPSA) is 27.7 Å². The molecule has 0 aliphatic carbocycles. The van der Waals surface area contributed by atoms with Crippen molar-refractivity contribution in [2.75, 3.05) is 33.5 Å². The lowest BCUT2D eigenvalue weighted by atomic mass is 10.2. The molecule has 92 valence electrons. The van der Waals surface area contributed by atoms with Gasteiger partial charge < -0.3 is 13.9 Å². The van der Waals surface area contributed by atoms with E-state index in [-0.39, 0.29) is 5.04 Å². The van der Waals surface area contributed by atoms with Gasteiger partial charge in [-0.05, 0) is 18.1 Å². The maximum atomic E-state index is 5.95. The average molecular weight is 234 g/mol. The molecule has 0 aromatic rings. The number of methoxy groups -OCH3 is 1. The van der Waals surface area contributed by atoms with Crippen LogP contribution in [0, 0.1) is 0 Å². The van der Waals surface area contributed by atoms with E-state index in [2.05, 4.69) is 33.9 Å². The molecule has 0 saturated carbocycles. The van der Waals surface area contributed by atoms with E-state index in [1.54, 1.807) is 7.11 Å². The molecule has 0 heterocycles. The van der Waals surface area contributed by atoms with E-state index in [1.807, 2.05) is 0 Å². The first-order valence-electron chi connectivity index (χ1n) is 5.52. The Kier molecular flexibility index (Phi) is 6.67. The van der Waals surface area contributed by atoms with Gasteiger partial charge in [0.2, 0.25) is 0 Å². The minimum atomic E-state index is -1.58. The van der Waals surface area contributed by atoms with Crippen LogP contribution in [0.5, 0.6) is 0 Å². The van der Waals surface area contributed by atoms with Gasteiger partial charge in [-0.3, -0.25) is 0 Å². The summed E-state index contributed by atoms with van der Waals surface area (Å²) in [5.41, 5.74) is 0. The van der Waals surface area contributed by atoms with Crippen molar-refractivity contribution in [3.8, 4) is 0 Å². The predicted molar refractivity (Wildman–Crippen MR) is 65.8 cm³/mol. The zero-order chi connectivity index (χ0) is 11.9. The van der Waals surface area contributed by atoms with E-state index in [9.17, 15) is 0 Å². The molecule has 0 bridgehead atoms. The third-order valence-electron chi connectivity index (χ3n) is 2.93. The molecule has 0 aliphatic heterocycles. The van der Waals surface area contributed by atoms with E-state index >= 15 is 0 Å². The first-order valence-corrected chi connectivity index (χ1v) is 8.43. The molecule has 0 aliphatic rings. The Labute approximate surface area is 95.2 Å². The lowest BCUT2D eigenvalue weighted by Gasteiger charge is -2.36. The molecule has 0 aromatic carbocycles. The fourth-order valence-corrected chi connectivity index (χ4v) is 1.84. The summed E-state index contributed by atoms with van der Waals surface area (Å²) >= 11 is 0. The highest BCUT2D eigenvalue weighted by atomic mass is 28.4. The van der Waals surface area contributed by atoms with Crippen molar-refractivity contribution >= 4 is 8.32 Å². The number of ether oxygens (including phenoxy) is 2. The summed E-state index contributed by atoms with van der Waals surface area (Å²) in [6.07, 6.45) is 0. The van der Waals surface area contributed by atoms with Gasteiger partial charge in [-0.25, -0.2) is 0 Å². The Morgan fingerprint density at radius 1 is 0.933 bits per heavy atom. The van der Waals surface area contributed by atoms with E-state index in [0.717, 1.165) is 0 Å². The first-order chi connectivity index (χ1) is 6.81. The van der Waals surface area contributed by atoms with E-state index in [1.165, 1.54) is 0 Å². The maximum absolute atomic E-state index is 5.95. The standard InChI is InChI=1S/C11H26O3Si/c1-11(2,3)15(5,6)14-10-9-13-8-7-12-4/h7-10H2,1-6H3. The summed E-state index contributed by atoms with van der Waals surface area (Å²) in [7, 11) is 0.0914. The van der Waals surface area contributed by atoms with Crippen molar-refractivity contribution in [2.45, 2.75) is 38.9 Å². The van der Waals surface area contributed by atoms with Crippen LogP contribution in [0.15, 0.2) is 0 Å². The number of rotatable bonds is 7. The highest BCUT2D eigenvalue weighted by Crippen LogP contribution is 2.36. The summed E-state index contributed by atoms with van der Waals surface area (Å²) in [6.45, 7) is 13.9.